The Labute approximate surface area is 102 Å². The zero-order valence-electron chi connectivity index (χ0n) is 10.1. The lowest BCUT2D eigenvalue weighted by atomic mass is 10.1. The van der Waals surface area contributed by atoms with Gasteiger partial charge in [-0.15, -0.1) is 0 Å². The average Bonchev–Trinajstić information content (AvgIpc) is 2.95. The molecule has 0 aliphatic heterocycles. The van der Waals surface area contributed by atoms with E-state index in [4.69, 9.17) is 5.26 Å². The molecule has 0 bridgehead atoms. The molecule has 96 valence electrons. The number of sulfone groups is 1. The summed E-state index contributed by atoms with van der Waals surface area (Å²) in [6, 6.07) is 2.02. The van der Waals surface area contributed by atoms with Crippen LogP contribution >= 0.6 is 0 Å². The van der Waals surface area contributed by atoms with Crippen molar-refractivity contribution in [1.29, 1.82) is 5.26 Å². The van der Waals surface area contributed by atoms with Gasteiger partial charge in [-0.25, -0.2) is 8.42 Å². The van der Waals surface area contributed by atoms with Gasteiger partial charge in [0.15, 0.2) is 9.84 Å². The largest absolute Gasteiger partial charge is 0.469 e. The van der Waals surface area contributed by atoms with Crippen LogP contribution in [-0.2, 0) is 19.4 Å². The van der Waals surface area contributed by atoms with Crippen molar-refractivity contribution in [2.75, 3.05) is 18.6 Å². The van der Waals surface area contributed by atoms with Crippen LogP contribution in [0.15, 0.2) is 0 Å². The molecule has 0 spiro atoms. The molecule has 5 nitrogen and oxygen atoms in total. The van der Waals surface area contributed by atoms with Crippen molar-refractivity contribution in [2.45, 2.75) is 26.2 Å². The van der Waals surface area contributed by atoms with Crippen LogP contribution in [0.3, 0.4) is 0 Å². The van der Waals surface area contributed by atoms with Gasteiger partial charge in [-0.2, -0.15) is 5.26 Å². The molecular formula is C11H17NO4S. The van der Waals surface area contributed by atoms with E-state index in [0.29, 0.717) is 0 Å². The van der Waals surface area contributed by atoms with Gasteiger partial charge < -0.3 is 4.74 Å². The van der Waals surface area contributed by atoms with Crippen LogP contribution in [0.2, 0.25) is 0 Å². The molecule has 0 aromatic heterocycles. The van der Waals surface area contributed by atoms with Gasteiger partial charge in [0, 0.05) is 6.42 Å². The summed E-state index contributed by atoms with van der Waals surface area (Å²) in [6.07, 6.45) is 1.84. The number of carbonyl (C=O) groups excluding carboxylic acids is 1. The van der Waals surface area contributed by atoms with Crippen molar-refractivity contribution in [1.82, 2.24) is 0 Å². The highest BCUT2D eigenvalue weighted by Gasteiger charge is 2.46. The molecule has 0 aromatic carbocycles. The third-order valence-corrected chi connectivity index (χ3v) is 5.10. The standard InChI is InChI=1S/C11H17NO4S/c1-9(10(13)16-2)7-17(14,15)8-11(3-4-11)5-6-12/h9H,3-5,7-8H2,1-2H3. The lowest BCUT2D eigenvalue weighted by molar-refractivity contribution is -0.144. The van der Waals surface area contributed by atoms with Crippen molar-refractivity contribution in [3.05, 3.63) is 0 Å². The van der Waals surface area contributed by atoms with E-state index < -0.39 is 21.7 Å². The Hall–Kier alpha value is -1.09. The number of carbonyl (C=O) groups is 1. The molecule has 0 amide bonds. The number of ether oxygens (including phenoxy) is 1. The molecule has 1 aliphatic rings. The van der Waals surface area contributed by atoms with Gasteiger partial charge in [0.25, 0.3) is 0 Å². The summed E-state index contributed by atoms with van der Waals surface area (Å²) in [5.74, 6) is -1.36. The minimum absolute atomic E-state index is 0.00882. The Morgan fingerprint density at radius 2 is 2.12 bits per heavy atom. The molecular weight excluding hydrogens is 242 g/mol. The summed E-state index contributed by atoms with van der Waals surface area (Å²) in [4.78, 5) is 11.2. The maximum atomic E-state index is 11.9. The minimum Gasteiger partial charge on any atom is -0.469 e. The van der Waals surface area contributed by atoms with Gasteiger partial charge in [0.1, 0.15) is 0 Å². The normalized spacial score (nSPS) is 19.1. The smallest absolute Gasteiger partial charge is 0.309 e. The van der Waals surface area contributed by atoms with Crippen LogP contribution in [0.25, 0.3) is 0 Å². The van der Waals surface area contributed by atoms with E-state index in [1.54, 1.807) is 0 Å². The van der Waals surface area contributed by atoms with E-state index in [-0.39, 0.29) is 23.3 Å². The highest BCUT2D eigenvalue weighted by Crippen LogP contribution is 2.49. The Bertz CT molecular complexity index is 431. The molecule has 0 N–H and O–H groups in total. The van der Waals surface area contributed by atoms with E-state index in [0.717, 1.165) is 12.8 Å². The van der Waals surface area contributed by atoms with Gasteiger partial charge in [0.2, 0.25) is 0 Å². The van der Waals surface area contributed by atoms with Crippen LogP contribution in [0.1, 0.15) is 26.2 Å². The monoisotopic (exact) mass is 259 g/mol. The van der Waals surface area contributed by atoms with Gasteiger partial charge in [-0.3, -0.25) is 4.79 Å². The molecule has 0 aromatic rings. The predicted octanol–water partition coefficient (Wildman–Crippen LogP) is 0.904. The van der Waals surface area contributed by atoms with Gasteiger partial charge in [-0.1, -0.05) is 6.92 Å². The molecule has 1 aliphatic carbocycles. The van der Waals surface area contributed by atoms with Crippen molar-refractivity contribution in [2.24, 2.45) is 11.3 Å². The van der Waals surface area contributed by atoms with Crippen LogP contribution in [0, 0.1) is 22.7 Å². The topological polar surface area (TPSA) is 84.2 Å². The van der Waals surface area contributed by atoms with Crippen LogP contribution in [0.5, 0.6) is 0 Å². The first-order chi connectivity index (χ1) is 7.84. The Balaban J connectivity index is 2.59. The van der Waals surface area contributed by atoms with E-state index in [1.165, 1.54) is 14.0 Å². The second kappa shape index (κ2) is 5.05. The van der Waals surface area contributed by atoms with Gasteiger partial charge in [0.05, 0.1) is 30.6 Å². The second-order valence-electron chi connectivity index (χ2n) is 4.81. The minimum atomic E-state index is -3.31. The first-order valence-corrected chi connectivity index (χ1v) is 7.31. The fourth-order valence-electron chi connectivity index (χ4n) is 1.89. The van der Waals surface area contributed by atoms with E-state index in [1.807, 2.05) is 6.07 Å². The number of esters is 1. The second-order valence-corrected chi connectivity index (χ2v) is 6.92. The first kappa shape index (κ1) is 14.0. The average molecular weight is 259 g/mol. The summed E-state index contributed by atoms with van der Waals surface area (Å²) in [5.41, 5.74) is -0.344. The SMILES string of the molecule is COC(=O)C(C)CS(=O)(=O)CC1(CC#N)CC1. The van der Waals surface area contributed by atoms with Crippen LogP contribution in [-0.4, -0.2) is 33.0 Å². The number of hydrogen-bond acceptors (Lipinski definition) is 5. The maximum Gasteiger partial charge on any atom is 0.309 e. The zero-order chi connectivity index (χ0) is 13.1. The van der Waals surface area contributed by atoms with Crippen LogP contribution < -0.4 is 0 Å². The number of nitriles is 1. The van der Waals surface area contributed by atoms with Crippen molar-refractivity contribution in [3.63, 3.8) is 0 Å². The zero-order valence-corrected chi connectivity index (χ0v) is 10.9. The van der Waals surface area contributed by atoms with E-state index in [2.05, 4.69) is 4.74 Å². The fourth-order valence-corrected chi connectivity index (χ4v) is 4.23. The molecule has 1 rings (SSSR count). The molecule has 1 unspecified atom stereocenters. The quantitative estimate of drug-likeness (QED) is 0.662. The summed E-state index contributed by atoms with van der Waals surface area (Å²) < 4.78 is 28.2. The van der Waals surface area contributed by atoms with Crippen LogP contribution in [0.4, 0.5) is 0 Å². The number of methoxy groups -OCH3 is 1. The Morgan fingerprint density at radius 3 is 2.53 bits per heavy atom. The molecule has 0 saturated heterocycles. The van der Waals surface area contributed by atoms with Crippen molar-refractivity contribution < 1.29 is 17.9 Å². The Kier molecular flexibility index (Phi) is 4.15. The van der Waals surface area contributed by atoms with E-state index in [9.17, 15) is 13.2 Å². The Morgan fingerprint density at radius 1 is 1.53 bits per heavy atom. The summed E-state index contributed by atoms with van der Waals surface area (Å²) in [6.45, 7) is 1.53. The highest BCUT2D eigenvalue weighted by molar-refractivity contribution is 7.91. The maximum absolute atomic E-state index is 11.9. The lowest BCUT2D eigenvalue weighted by Crippen LogP contribution is -2.27. The third kappa shape index (κ3) is 4.00. The van der Waals surface area contributed by atoms with Crippen molar-refractivity contribution >= 4 is 15.8 Å². The van der Waals surface area contributed by atoms with Crippen molar-refractivity contribution in [3.8, 4) is 6.07 Å². The molecule has 1 saturated carbocycles. The molecule has 0 radical (unpaired) electrons. The van der Waals surface area contributed by atoms with Gasteiger partial charge in [-0.05, 0) is 18.3 Å². The number of rotatable bonds is 6. The molecule has 1 atom stereocenters. The summed E-state index contributed by atoms with van der Waals surface area (Å²) in [5, 5.41) is 8.63. The first-order valence-electron chi connectivity index (χ1n) is 5.49. The molecule has 1 fully saturated rings. The summed E-state index contributed by atoms with van der Waals surface area (Å²) in [7, 11) is -2.07. The van der Waals surface area contributed by atoms with E-state index >= 15 is 0 Å². The summed E-state index contributed by atoms with van der Waals surface area (Å²) >= 11 is 0. The molecule has 6 heteroatoms. The van der Waals surface area contributed by atoms with Gasteiger partial charge >= 0.3 is 5.97 Å². The highest BCUT2D eigenvalue weighted by atomic mass is 32.2. The third-order valence-electron chi connectivity index (χ3n) is 3.04. The number of nitrogens with zero attached hydrogens (tertiary/aromatic N) is 1. The predicted molar refractivity (Wildman–Crippen MR) is 61.7 cm³/mol. The molecule has 0 heterocycles. The lowest BCUT2D eigenvalue weighted by Gasteiger charge is -2.14. The fraction of sp³-hybridized carbons (Fsp3) is 0.818. The molecule has 17 heavy (non-hydrogen) atoms. The number of hydrogen-bond donors (Lipinski definition) is 0.